The zero-order chi connectivity index (χ0) is 14.4. The average Bonchev–Trinajstić information content (AvgIpc) is 2.38. The second-order valence-corrected chi connectivity index (χ2v) is 5.73. The quantitative estimate of drug-likeness (QED) is 0.768. The second kappa shape index (κ2) is 7.98. The van der Waals surface area contributed by atoms with Crippen molar-refractivity contribution in [2.45, 2.75) is 52.0 Å². The van der Waals surface area contributed by atoms with E-state index in [1.165, 1.54) is 0 Å². The molecule has 2 atom stereocenters. The Balaban J connectivity index is 2.90. The first-order valence-electron chi connectivity index (χ1n) is 6.86. The van der Waals surface area contributed by atoms with Gasteiger partial charge in [0.05, 0.1) is 11.6 Å². The molecule has 0 saturated carbocycles. The van der Waals surface area contributed by atoms with Crippen molar-refractivity contribution in [3.8, 4) is 5.75 Å². The fraction of sp³-hybridized carbons (Fsp3) is 0.600. The van der Waals surface area contributed by atoms with Crippen molar-refractivity contribution in [3.63, 3.8) is 0 Å². The minimum atomic E-state index is 0.257. The normalized spacial score (nSPS) is 14.2. The number of halogens is 2. The molecule has 2 N–H and O–H groups in total. The highest BCUT2D eigenvalue weighted by Crippen LogP contribution is 2.38. The van der Waals surface area contributed by atoms with Crippen LogP contribution in [-0.4, -0.2) is 12.6 Å². The Morgan fingerprint density at radius 2 is 1.89 bits per heavy atom. The standard InChI is InChI=1S/C15H23Cl2NO/c1-4-12(18)7-6-10(3)13-8-11(16)9-14(17)15(13)19-5-2/h8-10,12H,4-7,18H2,1-3H3. The maximum Gasteiger partial charge on any atom is 0.141 e. The molecule has 4 heteroatoms. The Kier molecular flexibility index (Phi) is 6.98. The molecule has 0 radical (unpaired) electrons. The smallest absolute Gasteiger partial charge is 0.141 e. The molecule has 2 unspecified atom stereocenters. The number of benzene rings is 1. The molecule has 0 aromatic heterocycles. The van der Waals surface area contributed by atoms with Crippen LogP contribution < -0.4 is 10.5 Å². The van der Waals surface area contributed by atoms with E-state index >= 15 is 0 Å². The van der Waals surface area contributed by atoms with Crippen LogP contribution in [-0.2, 0) is 0 Å². The van der Waals surface area contributed by atoms with E-state index in [4.69, 9.17) is 33.7 Å². The van der Waals surface area contributed by atoms with E-state index in [1.807, 2.05) is 13.0 Å². The van der Waals surface area contributed by atoms with Crippen LogP contribution in [0.5, 0.6) is 5.75 Å². The van der Waals surface area contributed by atoms with Crippen molar-refractivity contribution >= 4 is 23.2 Å². The van der Waals surface area contributed by atoms with Crippen molar-refractivity contribution in [1.29, 1.82) is 0 Å². The molecular formula is C15H23Cl2NO. The third kappa shape index (κ3) is 4.87. The van der Waals surface area contributed by atoms with E-state index in [0.717, 1.165) is 30.6 Å². The van der Waals surface area contributed by atoms with E-state index in [-0.39, 0.29) is 6.04 Å². The molecule has 0 spiro atoms. The van der Waals surface area contributed by atoms with Gasteiger partial charge in [-0.2, -0.15) is 0 Å². The molecule has 1 rings (SSSR count). The molecule has 108 valence electrons. The molecule has 0 aliphatic heterocycles. The summed E-state index contributed by atoms with van der Waals surface area (Å²) in [4.78, 5) is 0. The molecule has 0 saturated heterocycles. The lowest BCUT2D eigenvalue weighted by atomic mass is 9.93. The molecule has 1 aromatic rings. The van der Waals surface area contributed by atoms with Crippen molar-refractivity contribution in [3.05, 3.63) is 27.7 Å². The van der Waals surface area contributed by atoms with Gasteiger partial charge in [0, 0.05) is 11.1 Å². The number of ether oxygens (including phenoxy) is 1. The topological polar surface area (TPSA) is 35.2 Å². The minimum absolute atomic E-state index is 0.257. The predicted octanol–water partition coefficient (Wildman–Crippen LogP) is 5.01. The summed E-state index contributed by atoms with van der Waals surface area (Å²) in [5, 5.41) is 1.23. The highest BCUT2D eigenvalue weighted by atomic mass is 35.5. The van der Waals surface area contributed by atoms with E-state index in [9.17, 15) is 0 Å². The van der Waals surface area contributed by atoms with Crippen molar-refractivity contribution in [2.24, 2.45) is 5.73 Å². The van der Waals surface area contributed by atoms with Crippen LogP contribution in [0, 0.1) is 0 Å². The Hall–Kier alpha value is -0.440. The fourth-order valence-electron chi connectivity index (χ4n) is 2.07. The Morgan fingerprint density at radius 1 is 1.21 bits per heavy atom. The first-order chi connectivity index (χ1) is 8.99. The summed E-state index contributed by atoms with van der Waals surface area (Å²) in [6.45, 7) is 6.81. The SMILES string of the molecule is CCOc1c(Cl)cc(Cl)cc1C(C)CCC(N)CC. The van der Waals surface area contributed by atoms with Gasteiger partial charge < -0.3 is 10.5 Å². The van der Waals surface area contributed by atoms with Crippen LogP contribution in [0.1, 0.15) is 51.5 Å². The maximum atomic E-state index is 6.21. The summed E-state index contributed by atoms with van der Waals surface area (Å²) in [7, 11) is 0. The molecule has 0 aliphatic carbocycles. The van der Waals surface area contributed by atoms with E-state index in [0.29, 0.717) is 22.6 Å². The van der Waals surface area contributed by atoms with Gasteiger partial charge in [-0.1, -0.05) is 37.0 Å². The minimum Gasteiger partial charge on any atom is -0.492 e. The van der Waals surface area contributed by atoms with E-state index in [1.54, 1.807) is 6.07 Å². The lowest BCUT2D eigenvalue weighted by Gasteiger charge is -2.19. The lowest BCUT2D eigenvalue weighted by Crippen LogP contribution is -2.19. The highest BCUT2D eigenvalue weighted by Gasteiger charge is 2.17. The molecule has 0 heterocycles. The summed E-state index contributed by atoms with van der Waals surface area (Å²) in [6.07, 6.45) is 3.00. The summed E-state index contributed by atoms with van der Waals surface area (Å²) in [5.41, 5.74) is 7.04. The summed E-state index contributed by atoms with van der Waals surface area (Å²) in [6, 6.07) is 3.93. The number of rotatable bonds is 7. The zero-order valence-electron chi connectivity index (χ0n) is 11.9. The van der Waals surface area contributed by atoms with Crippen molar-refractivity contribution in [2.75, 3.05) is 6.61 Å². The van der Waals surface area contributed by atoms with Gasteiger partial charge in [-0.3, -0.25) is 0 Å². The van der Waals surface area contributed by atoms with Gasteiger partial charge >= 0.3 is 0 Å². The number of hydrogen-bond acceptors (Lipinski definition) is 2. The van der Waals surface area contributed by atoms with Crippen LogP contribution in [0.15, 0.2) is 12.1 Å². The largest absolute Gasteiger partial charge is 0.492 e. The Bertz CT molecular complexity index is 409. The van der Waals surface area contributed by atoms with Gasteiger partial charge in [0.15, 0.2) is 0 Å². The third-order valence-corrected chi connectivity index (χ3v) is 3.85. The van der Waals surface area contributed by atoms with Gasteiger partial charge in [0.1, 0.15) is 5.75 Å². The van der Waals surface area contributed by atoms with Crippen LogP contribution in [0.2, 0.25) is 10.0 Å². The summed E-state index contributed by atoms with van der Waals surface area (Å²) in [5.74, 6) is 1.08. The molecule has 0 amide bonds. The molecule has 0 aliphatic rings. The zero-order valence-corrected chi connectivity index (χ0v) is 13.4. The van der Waals surface area contributed by atoms with Gasteiger partial charge in [-0.25, -0.2) is 0 Å². The van der Waals surface area contributed by atoms with Gasteiger partial charge in [0.25, 0.3) is 0 Å². The lowest BCUT2D eigenvalue weighted by molar-refractivity contribution is 0.333. The first kappa shape index (κ1) is 16.6. The summed E-state index contributed by atoms with van der Waals surface area (Å²) >= 11 is 12.3. The molecule has 19 heavy (non-hydrogen) atoms. The highest BCUT2D eigenvalue weighted by molar-refractivity contribution is 6.35. The second-order valence-electron chi connectivity index (χ2n) is 4.89. The predicted molar refractivity (Wildman–Crippen MR) is 83.5 cm³/mol. The van der Waals surface area contributed by atoms with Crippen molar-refractivity contribution < 1.29 is 4.74 Å². The summed E-state index contributed by atoms with van der Waals surface area (Å²) < 4.78 is 5.66. The van der Waals surface area contributed by atoms with Crippen LogP contribution >= 0.6 is 23.2 Å². The number of nitrogens with two attached hydrogens (primary N) is 1. The maximum absolute atomic E-state index is 6.21. The fourth-order valence-corrected chi connectivity index (χ4v) is 2.63. The Morgan fingerprint density at radius 3 is 2.47 bits per heavy atom. The van der Waals surface area contributed by atoms with E-state index in [2.05, 4.69) is 13.8 Å². The molecule has 0 bridgehead atoms. The van der Waals surface area contributed by atoms with Gasteiger partial charge in [-0.05, 0) is 49.8 Å². The van der Waals surface area contributed by atoms with Crippen LogP contribution in [0.25, 0.3) is 0 Å². The average molecular weight is 304 g/mol. The first-order valence-corrected chi connectivity index (χ1v) is 7.62. The van der Waals surface area contributed by atoms with Crippen LogP contribution in [0.3, 0.4) is 0 Å². The van der Waals surface area contributed by atoms with E-state index < -0.39 is 0 Å². The monoisotopic (exact) mass is 303 g/mol. The molecule has 0 fully saturated rings. The number of hydrogen-bond donors (Lipinski definition) is 1. The molecule has 1 aromatic carbocycles. The Labute approximate surface area is 126 Å². The van der Waals surface area contributed by atoms with Crippen molar-refractivity contribution in [1.82, 2.24) is 0 Å². The van der Waals surface area contributed by atoms with Gasteiger partial charge in [-0.15, -0.1) is 0 Å². The molecule has 2 nitrogen and oxygen atoms in total. The van der Waals surface area contributed by atoms with Gasteiger partial charge in [0.2, 0.25) is 0 Å². The van der Waals surface area contributed by atoms with Crippen LogP contribution in [0.4, 0.5) is 0 Å². The third-order valence-electron chi connectivity index (χ3n) is 3.35. The molecular weight excluding hydrogens is 281 g/mol.